The van der Waals surface area contributed by atoms with Gasteiger partial charge in [-0.25, -0.2) is 0 Å². The molecule has 152 valence electrons. The van der Waals surface area contributed by atoms with Gasteiger partial charge in [-0.3, -0.25) is 14.5 Å². The molecule has 30 heavy (non-hydrogen) atoms. The summed E-state index contributed by atoms with van der Waals surface area (Å²) in [5.41, 5.74) is 1.51. The number of benzene rings is 2. The van der Waals surface area contributed by atoms with Crippen LogP contribution in [0.15, 0.2) is 63.9 Å². The van der Waals surface area contributed by atoms with Crippen molar-refractivity contribution in [3.05, 3.63) is 80.9 Å². The van der Waals surface area contributed by atoms with E-state index in [1.807, 2.05) is 0 Å². The van der Waals surface area contributed by atoms with Crippen LogP contribution in [-0.4, -0.2) is 23.2 Å². The number of carbonyl (C=O) groups excluding carboxylic acids is 2. The van der Waals surface area contributed by atoms with E-state index in [1.54, 1.807) is 67.8 Å². The molecule has 4 rings (SSSR count). The smallest absolute Gasteiger partial charge is 0.293 e. The van der Waals surface area contributed by atoms with Crippen LogP contribution < -0.4 is 4.74 Å². The van der Waals surface area contributed by atoms with Gasteiger partial charge in [0.1, 0.15) is 17.3 Å². The molecular weight excluding hydrogens is 445 g/mol. The fourth-order valence-electron chi connectivity index (χ4n) is 2.99. The van der Waals surface area contributed by atoms with Crippen molar-refractivity contribution in [2.24, 2.45) is 0 Å². The van der Waals surface area contributed by atoms with E-state index >= 15 is 0 Å². The van der Waals surface area contributed by atoms with Gasteiger partial charge in [0.15, 0.2) is 0 Å². The first-order valence-electron chi connectivity index (χ1n) is 8.88. The Kier molecular flexibility index (Phi) is 5.90. The third kappa shape index (κ3) is 4.26. The lowest BCUT2D eigenvalue weighted by Gasteiger charge is -2.12. The van der Waals surface area contributed by atoms with Gasteiger partial charge in [-0.15, -0.1) is 0 Å². The number of halogens is 2. The van der Waals surface area contributed by atoms with Crippen molar-refractivity contribution in [2.45, 2.75) is 6.54 Å². The molecule has 0 unspecified atom stereocenters. The minimum atomic E-state index is -0.363. The molecule has 0 bridgehead atoms. The molecule has 8 heteroatoms. The largest absolute Gasteiger partial charge is 0.496 e. The van der Waals surface area contributed by atoms with Gasteiger partial charge < -0.3 is 9.15 Å². The molecule has 0 saturated carbocycles. The fraction of sp³-hybridized carbons (Fsp3) is 0.0909. The molecule has 0 aliphatic carbocycles. The molecule has 1 aromatic heterocycles. The summed E-state index contributed by atoms with van der Waals surface area (Å²) in [7, 11) is 1.56. The van der Waals surface area contributed by atoms with Crippen LogP contribution >= 0.6 is 35.0 Å². The number of ether oxygens (including phenoxy) is 1. The first kappa shape index (κ1) is 20.6. The van der Waals surface area contributed by atoms with E-state index < -0.39 is 0 Å². The molecule has 2 aromatic carbocycles. The number of methoxy groups -OCH3 is 1. The summed E-state index contributed by atoms with van der Waals surface area (Å²) < 4.78 is 11.2. The molecule has 1 fully saturated rings. The molecule has 3 aromatic rings. The number of hydrogen-bond acceptors (Lipinski definition) is 5. The van der Waals surface area contributed by atoms with Crippen LogP contribution in [0.25, 0.3) is 17.4 Å². The molecule has 0 radical (unpaired) electrons. The van der Waals surface area contributed by atoms with E-state index in [1.165, 1.54) is 4.90 Å². The zero-order valence-corrected chi connectivity index (χ0v) is 18.1. The Morgan fingerprint density at radius 1 is 1.03 bits per heavy atom. The molecule has 2 heterocycles. The van der Waals surface area contributed by atoms with E-state index in [0.29, 0.717) is 37.8 Å². The average Bonchev–Trinajstić information content (AvgIpc) is 3.30. The van der Waals surface area contributed by atoms with Gasteiger partial charge in [-0.1, -0.05) is 35.3 Å². The van der Waals surface area contributed by atoms with Crippen LogP contribution in [0.5, 0.6) is 5.75 Å². The van der Waals surface area contributed by atoms with E-state index in [9.17, 15) is 9.59 Å². The van der Waals surface area contributed by atoms with Crippen molar-refractivity contribution < 1.29 is 18.7 Å². The van der Waals surface area contributed by atoms with Crippen molar-refractivity contribution in [1.82, 2.24) is 4.90 Å². The summed E-state index contributed by atoms with van der Waals surface area (Å²) in [4.78, 5) is 26.6. The number of imide groups is 1. The van der Waals surface area contributed by atoms with Gasteiger partial charge in [0.2, 0.25) is 0 Å². The first-order chi connectivity index (χ1) is 14.4. The predicted molar refractivity (Wildman–Crippen MR) is 119 cm³/mol. The van der Waals surface area contributed by atoms with Crippen LogP contribution in [0.1, 0.15) is 11.3 Å². The zero-order chi connectivity index (χ0) is 21.3. The monoisotopic (exact) mass is 459 g/mol. The fourth-order valence-corrected chi connectivity index (χ4v) is 4.10. The van der Waals surface area contributed by atoms with Crippen molar-refractivity contribution in [3.63, 3.8) is 0 Å². The van der Waals surface area contributed by atoms with Gasteiger partial charge in [0, 0.05) is 16.1 Å². The van der Waals surface area contributed by atoms with E-state index in [-0.39, 0.29) is 17.7 Å². The Hall–Kier alpha value is -2.67. The highest BCUT2D eigenvalue weighted by Crippen LogP contribution is 2.36. The lowest BCUT2D eigenvalue weighted by Crippen LogP contribution is -2.27. The zero-order valence-electron chi connectivity index (χ0n) is 15.7. The Morgan fingerprint density at radius 2 is 1.77 bits per heavy atom. The Bertz CT molecular complexity index is 1150. The van der Waals surface area contributed by atoms with Crippen molar-refractivity contribution in [2.75, 3.05) is 7.11 Å². The Balaban J connectivity index is 1.56. The lowest BCUT2D eigenvalue weighted by atomic mass is 10.1. The maximum absolute atomic E-state index is 12.7. The number of nitrogens with zero attached hydrogens (tertiary/aromatic N) is 1. The van der Waals surface area contributed by atoms with E-state index in [2.05, 4.69) is 0 Å². The van der Waals surface area contributed by atoms with Crippen molar-refractivity contribution >= 4 is 52.2 Å². The highest BCUT2D eigenvalue weighted by atomic mass is 35.5. The van der Waals surface area contributed by atoms with Crippen LogP contribution in [-0.2, 0) is 11.3 Å². The second kappa shape index (κ2) is 8.60. The topological polar surface area (TPSA) is 59.8 Å². The highest BCUT2D eigenvalue weighted by Gasteiger charge is 2.35. The molecule has 1 aliphatic rings. The summed E-state index contributed by atoms with van der Waals surface area (Å²) >= 11 is 12.9. The van der Waals surface area contributed by atoms with Gasteiger partial charge in [0.25, 0.3) is 11.1 Å². The summed E-state index contributed by atoms with van der Waals surface area (Å²) in [6.07, 6.45) is 1.56. The first-order valence-corrected chi connectivity index (χ1v) is 10.5. The predicted octanol–water partition coefficient (Wildman–Crippen LogP) is 6.50. The van der Waals surface area contributed by atoms with Crippen molar-refractivity contribution in [3.8, 4) is 17.1 Å². The number of furan rings is 1. The number of carbonyl (C=O) groups is 2. The second-order valence-electron chi connectivity index (χ2n) is 6.44. The Labute approximate surface area is 187 Å². The summed E-state index contributed by atoms with van der Waals surface area (Å²) in [5.74, 6) is 1.24. The summed E-state index contributed by atoms with van der Waals surface area (Å²) in [6, 6.07) is 15.7. The molecule has 5 nitrogen and oxygen atoms in total. The summed E-state index contributed by atoms with van der Waals surface area (Å²) in [6.45, 7) is 0.183. The van der Waals surface area contributed by atoms with Gasteiger partial charge >= 0.3 is 0 Å². The molecule has 0 spiro atoms. The third-order valence-corrected chi connectivity index (χ3v) is 5.85. The maximum Gasteiger partial charge on any atom is 0.293 e. The normalized spacial score (nSPS) is 15.3. The molecule has 1 aliphatic heterocycles. The molecular formula is C22H15Cl2NO4S. The SMILES string of the molecule is COc1ccc(Cl)cc1-c1ccc(/C=C2/SC(=O)N(Cc3ccc(Cl)cc3)C2=O)o1. The third-order valence-electron chi connectivity index (χ3n) is 4.45. The van der Waals surface area contributed by atoms with Crippen LogP contribution in [0.3, 0.4) is 0 Å². The van der Waals surface area contributed by atoms with Gasteiger partial charge in [0.05, 0.1) is 24.1 Å². The van der Waals surface area contributed by atoms with E-state index in [4.69, 9.17) is 32.4 Å². The maximum atomic E-state index is 12.7. The highest BCUT2D eigenvalue weighted by molar-refractivity contribution is 8.18. The minimum Gasteiger partial charge on any atom is -0.496 e. The second-order valence-corrected chi connectivity index (χ2v) is 8.31. The van der Waals surface area contributed by atoms with Crippen LogP contribution in [0.2, 0.25) is 10.0 Å². The van der Waals surface area contributed by atoms with Crippen molar-refractivity contribution in [1.29, 1.82) is 0 Å². The number of amides is 2. The van der Waals surface area contributed by atoms with E-state index in [0.717, 1.165) is 17.3 Å². The summed E-state index contributed by atoms with van der Waals surface area (Å²) in [5, 5.41) is 0.814. The van der Waals surface area contributed by atoms with Gasteiger partial charge in [-0.2, -0.15) is 0 Å². The molecule has 1 saturated heterocycles. The molecule has 0 atom stereocenters. The van der Waals surface area contributed by atoms with Crippen LogP contribution in [0.4, 0.5) is 4.79 Å². The Morgan fingerprint density at radius 3 is 2.50 bits per heavy atom. The lowest BCUT2D eigenvalue weighted by molar-refractivity contribution is -0.123. The van der Waals surface area contributed by atoms with Gasteiger partial charge in [-0.05, 0) is 59.8 Å². The average molecular weight is 460 g/mol. The number of rotatable bonds is 5. The number of thioether (sulfide) groups is 1. The minimum absolute atomic E-state index is 0.183. The molecule has 2 amide bonds. The quantitative estimate of drug-likeness (QED) is 0.407. The van der Waals surface area contributed by atoms with Crippen LogP contribution in [0, 0.1) is 0 Å². The standard InChI is InChI=1S/C22H15Cl2NO4S/c1-28-18-8-6-15(24)10-17(18)19-9-7-16(29-19)11-20-21(26)25(22(27)30-20)12-13-2-4-14(23)5-3-13/h2-11H,12H2,1H3/b20-11+. The number of hydrogen-bond donors (Lipinski definition) is 0. The molecule has 0 N–H and O–H groups in total.